The molecule has 1 heterocycles. The lowest BCUT2D eigenvalue weighted by Crippen LogP contribution is -2.36. The first-order valence-corrected chi connectivity index (χ1v) is 9.40. The highest BCUT2D eigenvalue weighted by molar-refractivity contribution is 5.89. The molecule has 2 atom stereocenters. The molecule has 5 nitrogen and oxygen atoms in total. The number of nitrogens with zero attached hydrogens (tertiary/aromatic N) is 1. The number of benzene rings is 2. The summed E-state index contributed by atoms with van der Waals surface area (Å²) < 4.78 is 0. The van der Waals surface area contributed by atoms with Gasteiger partial charge in [0.2, 0.25) is 5.91 Å². The Bertz CT molecular complexity index is 790. The number of rotatable bonds is 7. The molecule has 1 aliphatic heterocycles. The molecule has 142 valence electrons. The van der Waals surface area contributed by atoms with Gasteiger partial charge in [-0.3, -0.25) is 4.79 Å². The Kier molecular flexibility index (Phi) is 6.24. The smallest absolute Gasteiger partial charge is 0.335 e. The van der Waals surface area contributed by atoms with Gasteiger partial charge in [0.15, 0.2) is 0 Å². The maximum Gasteiger partial charge on any atom is 0.335 e. The molecule has 1 saturated heterocycles. The van der Waals surface area contributed by atoms with Crippen LogP contribution in [0.4, 0.5) is 0 Å². The molecule has 0 radical (unpaired) electrons. The Balaban J connectivity index is 1.60. The molecule has 0 saturated carbocycles. The summed E-state index contributed by atoms with van der Waals surface area (Å²) in [7, 11) is 0. The molecule has 0 aromatic heterocycles. The van der Waals surface area contributed by atoms with Crippen LogP contribution in [0.15, 0.2) is 54.6 Å². The van der Waals surface area contributed by atoms with Gasteiger partial charge in [-0.15, -0.1) is 0 Å². The molecule has 1 aliphatic rings. The number of carbonyl (C=O) groups excluding carboxylic acids is 1. The van der Waals surface area contributed by atoms with E-state index in [1.807, 2.05) is 35.2 Å². The molecular formula is C22H25NO4. The summed E-state index contributed by atoms with van der Waals surface area (Å²) in [6, 6.07) is 16.3. The third-order valence-electron chi connectivity index (χ3n) is 5.23. The second-order valence-electron chi connectivity index (χ2n) is 7.01. The van der Waals surface area contributed by atoms with Gasteiger partial charge in [0.25, 0.3) is 0 Å². The highest BCUT2D eigenvalue weighted by atomic mass is 16.4. The number of hydrogen-bond donors (Lipinski definition) is 2. The van der Waals surface area contributed by atoms with Gasteiger partial charge in [-0.05, 0) is 42.9 Å². The van der Waals surface area contributed by atoms with Gasteiger partial charge in [-0.25, -0.2) is 4.79 Å². The minimum absolute atomic E-state index is 0.0259. The summed E-state index contributed by atoms with van der Waals surface area (Å²) in [6.45, 7) is 0.700. The Morgan fingerprint density at radius 3 is 2.52 bits per heavy atom. The van der Waals surface area contributed by atoms with Crippen molar-refractivity contribution in [2.24, 2.45) is 0 Å². The number of likely N-dealkylation sites (tertiary alicyclic amines) is 1. The fourth-order valence-corrected chi connectivity index (χ4v) is 3.81. The Morgan fingerprint density at radius 2 is 1.78 bits per heavy atom. The topological polar surface area (TPSA) is 77.8 Å². The van der Waals surface area contributed by atoms with Crippen LogP contribution >= 0.6 is 0 Å². The molecule has 1 fully saturated rings. The number of hydrogen-bond acceptors (Lipinski definition) is 3. The van der Waals surface area contributed by atoms with Crippen molar-refractivity contribution in [1.29, 1.82) is 0 Å². The lowest BCUT2D eigenvalue weighted by Gasteiger charge is -2.27. The van der Waals surface area contributed by atoms with E-state index in [0.717, 1.165) is 18.4 Å². The van der Waals surface area contributed by atoms with E-state index in [-0.39, 0.29) is 23.9 Å². The van der Waals surface area contributed by atoms with Crippen LogP contribution in [-0.2, 0) is 11.2 Å². The summed E-state index contributed by atoms with van der Waals surface area (Å²) in [6.07, 6.45) is 2.46. The number of aliphatic hydroxyl groups is 1. The number of amides is 1. The van der Waals surface area contributed by atoms with Crippen molar-refractivity contribution in [2.45, 2.75) is 44.2 Å². The zero-order valence-electron chi connectivity index (χ0n) is 15.3. The highest BCUT2D eigenvalue weighted by Gasteiger charge is 2.30. The summed E-state index contributed by atoms with van der Waals surface area (Å²) in [5, 5.41) is 19.8. The van der Waals surface area contributed by atoms with E-state index >= 15 is 0 Å². The molecule has 2 N–H and O–H groups in total. The van der Waals surface area contributed by atoms with E-state index in [2.05, 4.69) is 0 Å². The molecule has 2 aromatic rings. The van der Waals surface area contributed by atoms with Crippen LogP contribution < -0.4 is 0 Å². The molecule has 27 heavy (non-hydrogen) atoms. The number of aliphatic hydroxyl groups excluding tert-OH is 1. The van der Waals surface area contributed by atoms with Crippen molar-refractivity contribution >= 4 is 11.9 Å². The average Bonchev–Trinajstić information content (AvgIpc) is 3.15. The molecule has 5 heteroatoms. The second-order valence-corrected chi connectivity index (χ2v) is 7.01. The van der Waals surface area contributed by atoms with E-state index in [0.29, 0.717) is 24.9 Å². The Morgan fingerprint density at radius 1 is 1.07 bits per heavy atom. The maximum atomic E-state index is 12.7. The first kappa shape index (κ1) is 19.1. The summed E-state index contributed by atoms with van der Waals surface area (Å²) in [4.78, 5) is 25.9. The van der Waals surface area contributed by atoms with Crippen LogP contribution in [0, 0.1) is 0 Å². The van der Waals surface area contributed by atoms with Gasteiger partial charge < -0.3 is 15.1 Å². The lowest BCUT2D eigenvalue weighted by molar-refractivity contribution is -0.132. The van der Waals surface area contributed by atoms with Crippen LogP contribution in [0.3, 0.4) is 0 Å². The Hall–Kier alpha value is -2.66. The van der Waals surface area contributed by atoms with Gasteiger partial charge in [-0.1, -0.05) is 48.5 Å². The van der Waals surface area contributed by atoms with Crippen LogP contribution in [0.1, 0.15) is 53.3 Å². The molecule has 0 bridgehead atoms. The van der Waals surface area contributed by atoms with Crippen LogP contribution in [-0.4, -0.2) is 39.6 Å². The van der Waals surface area contributed by atoms with E-state index in [1.165, 1.54) is 0 Å². The largest absolute Gasteiger partial charge is 0.478 e. The summed E-state index contributed by atoms with van der Waals surface area (Å²) >= 11 is 0. The predicted molar refractivity (Wildman–Crippen MR) is 102 cm³/mol. The summed E-state index contributed by atoms with van der Waals surface area (Å²) in [5.41, 5.74) is 1.80. The van der Waals surface area contributed by atoms with Gasteiger partial charge in [-0.2, -0.15) is 0 Å². The normalized spacial score (nSPS) is 17.7. The zero-order valence-corrected chi connectivity index (χ0v) is 15.3. The van der Waals surface area contributed by atoms with E-state index < -0.39 is 12.1 Å². The van der Waals surface area contributed by atoms with Crippen molar-refractivity contribution in [1.82, 2.24) is 4.90 Å². The van der Waals surface area contributed by atoms with Crippen molar-refractivity contribution in [2.75, 3.05) is 6.54 Å². The monoisotopic (exact) mass is 367 g/mol. The van der Waals surface area contributed by atoms with E-state index in [4.69, 9.17) is 0 Å². The first-order valence-electron chi connectivity index (χ1n) is 9.40. The molecule has 2 aromatic carbocycles. The van der Waals surface area contributed by atoms with Gasteiger partial charge in [0.1, 0.15) is 0 Å². The predicted octanol–water partition coefficient (Wildman–Crippen LogP) is 3.43. The second kappa shape index (κ2) is 8.82. The fourth-order valence-electron chi connectivity index (χ4n) is 3.81. The van der Waals surface area contributed by atoms with E-state index in [1.54, 1.807) is 24.3 Å². The average molecular weight is 367 g/mol. The molecule has 0 aliphatic carbocycles. The third-order valence-corrected chi connectivity index (χ3v) is 5.23. The molecular weight excluding hydrogens is 342 g/mol. The maximum absolute atomic E-state index is 12.7. The number of carboxylic acid groups (broad SMARTS) is 1. The molecule has 2 unspecified atom stereocenters. The fraction of sp³-hybridized carbons (Fsp3) is 0.364. The van der Waals surface area contributed by atoms with Crippen molar-refractivity contribution < 1.29 is 19.8 Å². The highest BCUT2D eigenvalue weighted by Crippen LogP contribution is 2.28. The van der Waals surface area contributed by atoms with Gasteiger partial charge in [0, 0.05) is 19.0 Å². The third kappa shape index (κ3) is 4.74. The zero-order chi connectivity index (χ0) is 19.2. The quantitative estimate of drug-likeness (QED) is 0.786. The van der Waals surface area contributed by atoms with Crippen LogP contribution in [0.25, 0.3) is 0 Å². The Labute approximate surface area is 159 Å². The summed E-state index contributed by atoms with van der Waals surface area (Å²) in [5.74, 6) is -0.943. The minimum Gasteiger partial charge on any atom is -0.478 e. The standard InChI is InChI=1S/C22H25NO4/c24-20(17-8-2-1-3-9-17)15-18-10-6-14-23(18)21(25)13-12-16-7-4-5-11-19(16)22(26)27/h1-5,7-9,11,18,20,24H,6,10,12-15H2,(H,26,27). The number of carboxylic acids is 1. The van der Waals surface area contributed by atoms with E-state index in [9.17, 15) is 19.8 Å². The number of aromatic carboxylic acids is 1. The first-order chi connectivity index (χ1) is 13.1. The molecule has 3 rings (SSSR count). The number of aryl methyl sites for hydroxylation is 1. The van der Waals surface area contributed by atoms with Crippen LogP contribution in [0.5, 0.6) is 0 Å². The number of carbonyl (C=O) groups is 2. The van der Waals surface area contributed by atoms with Crippen LogP contribution in [0.2, 0.25) is 0 Å². The van der Waals surface area contributed by atoms with Gasteiger partial charge >= 0.3 is 5.97 Å². The molecule has 1 amide bonds. The van der Waals surface area contributed by atoms with Gasteiger partial charge in [0.05, 0.1) is 11.7 Å². The van der Waals surface area contributed by atoms with Crippen molar-refractivity contribution in [3.63, 3.8) is 0 Å². The lowest BCUT2D eigenvalue weighted by atomic mass is 9.99. The molecule has 0 spiro atoms. The van der Waals surface area contributed by atoms with Crippen molar-refractivity contribution in [3.8, 4) is 0 Å². The van der Waals surface area contributed by atoms with Crippen molar-refractivity contribution in [3.05, 3.63) is 71.3 Å². The SMILES string of the molecule is O=C(O)c1ccccc1CCC(=O)N1CCCC1CC(O)c1ccccc1. The minimum atomic E-state index is -0.969.